The number of ketones is 1. The lowest BCUT2D eigenvalue weighted by Crippen LogP contribution is -2.61. The van der Waals surface area contributed by atoms with Crippen molar-refractivity contribution in [3.63, 3.8) is 0 Å². The molecule has 1 saturated heterocycles. The third-order valence-corrected chi connectivity index (χ3v) is 3.33. The molecule has 9 heteroatoms. The monoisotopic (exact) mass is 296 g/mol. The molecule has 7 N–H and O–H groups in total. The smallest absolute Gasteiger partial charge is 0.195 e. The maximum atomic E-state index is 11.9. The Balaban J connectivity index is 2.80. The molecule has 1 aliphatic rings. The number of hydrogen-bond acceptors (Lipinski definition) is 9. The summed E-state index contributed by atoms with van der Waals surface area (Å²) in [6.45, 7) is 0.475. The Kier molecular flexibility index (Phi) is 5.98. The van der Waals surface area contributed by atoms with E-state index in [2.05, 4.69) is 0 Å². The molecule has 0 radical (unpaired) electrons. The van der Waals surface area contributed by atoms with Crippen LogP contribution in [0.2, 0.25) is 0 Å². The van der Waals surface area contributed by atoms with Gasteiger partial charge < -0.3 is 40.5 Å². The Hall–Kier alpha value is -0.650. The lowest BCUT2D eigenvalue weighted by atomic mass is 9.90. The first kappa shape index (κ1) is 17.4. The first-order chi connectivity index (χ1) is 9.22. The van der Waals surface area contributed by atoms with Crippen LogP contribution in [0, 0.1) is 0 Å². The van der Waals surface area contributed by atoms with E-state index in [0.29, 0.717) is 0 Å². The predicted octanol–water partition coefficient (Wildman–Crippen LogP) is -4.50. The summed E-state index contributed by atoms with van der Waals surface area (Å²) in [7, 11) is 0. The molecule has 4 unspecified atom stereocenters. The van der Waals surface area contributed by atoms with Crippen LogP contribution >= 0.6 is 0 Å². The molecule has 20 heavy (non-hydrogen) atoms. The van der Waals surface area contributed by atoms with Gasteiger partial charge in [0.25, 0.3) is 0 Å². The first-order valence-corrected chi connectivity index (χ1v) is 6.10. The fraction of sp³-hybridized carbons (Fsp3) is 0.909. The standard InChI is InChI=1S/C11H20O9/c1-3-5(14)7(16)9(18)11(20-3)10(19)8(17)6(15)4(13)2-12/h3-9,11-18H,2H2,1H3/t3-,4?,5-,6?,7+,8?,9+,11?/m0/s1. The van der Waals surface area contributed by atoms with Crippen LogP contribution in [-0.4, -0.2) is 97.0 Å². The summed E-state index contributed by atoms with van der Waals surface area (Å²) in [5.41, 5.74) is 0. The van der Waals surface area contributed by atoms with Crippen LogP contribution in [0.4, 0.5) is 0 Å². The summed E-state index contributed by atoms with van der Waals surface area (Å²) < 4.78 is 5.00. The highest BCUT2D eigenvalue weighted by molar-refractivity contribution is 5.88. The van der Waals surface area contributed by atoms with Gasteiger partial charge in [0.2, 0.25) is 0 Å². The van der Waals surface area contributed by atoms with Gasteiger partial charge in [0.1, 0.15) is 42.7 Å². The van der Waals surface area contributed by atoms with Crippen LogP contribution in [0.3, 0.4) is 0 Å². The molecule has 1 fully saturated rings. The van der Waals surface area contributed by atoms with E-state index in [9.17, 15) is 30.3 Å². The van der Waals surface area contributed by atoms with Gasteiger partial charge in [-0.25, -0.2) is 0 Å². The molecule has 118 valence electrons. The van der Waals surface area contributed by atoms with Gasteiger partial charge in [-0.3, -0.25) is 4.79 Å². The molecule has 0 bridgehead atoms. The highest BCUT2D eigenvalue weighted by Gasteiger charge is 2.47. The van der Waals surface area contributed by atoms with Crippen LogP contribution in [0.25, 0.3) is 0 Å². The van der Waals surface area contributed by atoms with Crippen molar-refractivity contribution in [3.05, 3.63) is 0 Å². The number of aliphatic hydroxyl groups excluding tert-OH is 7. The summed E-state index contributed by atoms with van der Waals surface area (Å²) in [4.78, 5) is 11.9. The van der Waals surface area contributed by atoms with Crippen molar-refractivity contribution >= 4 is 5.78 Å². The maximum Gasteiger partial charge on any atom is 0.195 e. The minimum Gasteiger partial charge on any atom is -0.394 e. The quantitative estimate of drug-likeness (QED) is 0.264. The number of Topliss-reactive ketones (excluding diaryl/α,β-unsaturated/α-hetero) is 1. The van der Waals surface area contributed by atoms with Crippen molar-refractivity contribution in [1.82, 2.24) is 0 Å². The van der Waals surface area contributed by atoms with Crippen LogP contribution in [0.5, 0.6) is 0 Å². The third-order valence-electron chi connectivity index (χ3n) is 3.33. The third kappa shape index (κ3) is 3.32. The average molecular weight is 296 g/mol. The minimum atomic E-state index is -2.12. The molecular weight excluding hydrogens is 276 g/mol. The van der Waals surface area contributed by atoms with Gasteiger partial charge in [0.05, 0.1) is 12.7 Å². The maximum absolute atomic E-state index is 11.9. The Labute approximate surface area is 114 Å². The molecule has 0 aromatic carbocycles. The number of rotatable bonds is 5. The van der Waals surface area contributed by atoms with Crippen molar-refractivity contribution in [2.45, 2.75) is 55.8 Å². The molecule has 8 atom stereocenters. The Bertz CT molecular complexity index is 336. The predicted molar refractivity (Wildman–Crippen MR) is 62.5 cm³/mol. The van der Waals surface area contributed by atoms with Crippen molar-refractivity contribution in [3.8, 4) is 0 Å². The molecule has 0 aromatic heterocycles. The molecule has 1 aliphatic heterocycles. The van der Waals surface area contributed by atoms with Crippen molar-refractivity contribution in [2.24, 2.45) is 0 Å². The summed E-state index contributed by atoms with van der Waals surface area (Å²) in [6.07, 6.45) is -13.3. The molecule has 9 nitrogen and oxygen atoms in total. The number of carbonyl (C=O) groups is 1. The molecule has 1 heterocycles. The van der Waals surface area contributed by atoms with Gasteiger partial charge in [0.15, 0.2) is 5.78 Å². The van der Waals surface area contributed by atoms with E-state index in [1.165, 1.54) is 6.92 Å². The fourth-order valence-electron chi connectivity index (χ4n) is 1.94. The second kappa shape index (κ2) is 6.87. The Morgan fingerprint density at radius 2 is 1.65 bits per heavy atom. The molecular formula is C11H20O9. The summed E-state index contributed by atoms with van der Waals surface area (Å²) >= 11 is 0. The van der Waals surface area contributed by atoms with E-state index in [-0.39, 0.29) is 0 Å². The lowest BCUT2D eigenvalue weighted by Gasteiger charge is -2.39. The van der Waals surface area contributed by atoms with Crippen LogP contribution < -0.4 is 0 Å². The number of hydrogen-bond donors (Lipinski definition) is 7. The van der Waals surface area contributed by atoms with Crippen LogP contribution in [-0.2, 0) is 9.53 Å². The van der Waals surface area contributed by atoms with E-state index < -0.39 is 61.2 Å². The van der Waals surface area contributed by atoms with E-state index in [1.807, 2.05) is 0 Å². The van der Waals surface area contributed by atoms with Crippen molar-refractivity contribution in [2.75, 3.05) is 6.61 Å². The highest BCUT2D eigenvalue weighted by Crippen LogP contribution is 2.23. The topological polar surface area (TPSA) is 168 Å². The summed E-state index contributed by atoms with van der Waals surface area (Å²) in [5.74, 6) is -1.17. The van der Waals surface area contributed by atoms with E-state index >= 15 is 0 Å². The Morgan fingerprint density at radius 1 is 1.10 bits per heavy atom. The van der Waals surface area contributed by atoms with E-state index in [1.54, 1.807) is 0 Å². The first-order valence-electron chi connectivity index (χ1n) is 6.10. The number of aliphatic hydroxyl groups is 7. The molecule has 0 spiro atoms. The highest BCUT2D eigenvalue weighted by atomic mass is 16.5. The second-order valence-corrected chi connectivity index (χ2v) is 4.82. The van der Waals surface area contributed by atoms with Gasteiger partial charge in [-0.15, -0.1) is 0 Å². The van der Waals surface area contributed by atoms with Gasteiger partial charge in [-0.1, -0.05) is 0 Å². The zero-order valence-electron chi connectivity index (χ0n) is 10.8. The summed E-state index contributed by atoms with van der Waals surface area (Å²) in [5, 5.41) is 65.5. The molecule has 0 aliphatic carbocycles. The normalized spacial score (nSPS) is 39.1. The van der Waals surface area contributed by atoms with Crippen molar-refractivity contribution in [1.29, 1.82) is 0 Å². The van der Waals surface area contributed by atoms with Gasteiger partial charge >= 0.3 is 0 Å². The van der Waals surface area contributed by atoms with Gasteiger partial charge in [-0.05, 0) is 6.92 Å². The molecule has 1 rings (SSSR count). The number of carbonyl (C=O) groups excluding carboxylic acids is 1. The van der Waals surface area contributed by atoms with Gasteiger partial charge in [0, 0.05) is 0 Å². The molecule has 0 saturated carbocycles. The minimum absolute atomic E-state index is 0.878. The second-order valence-electron chi connectivity index (χ2n) is 4.82. The van der Waals surface area contributed by atoms with Gasteiger partial charge in [-0.2, -0.15) is 0 Å². The zero-order valence-corrected chi connectivity index (χ0v) is 10.8. The van der Waals surface area contributed by atoms with Crippen LogP contribution in [0.15, 0.2) is 0 Å². The summed E-state index contributed by atoms with van der Waals surface area (Å²) in [6, 6.07) is 0. The lowest BCUT2D eigenvalue weighted by molar-refractivity contribution is -0.221. The zero-order chi connectivity index (χ0) is 15.6. The fourth-order valence-corrected chi connectivity index (χ4v) is 1.94. The molecule has 0 aromatic rings. The average Bonchev–Trinajstić information content (AvgIpc) is 2.45. The van der Waals surface area contributed by atoms with E-state index in [4.69, 9.17) is 14.9 Å². The Morgan fingerprint density at radius 3 is 2.15 bits per heavy atom. The van der Waals surface area contributed by atoms with E-state index in [0.717, 1.165) is 0 Å². The van der Waals surface area contributed by atoms with Crippen LogP contribution in [0.1, 0.15) is 6.92 Å². The largest absolute Gasteiger partial charge is 0.394 e. The van der Waals surface area contributed by atoms with Crippen molar-refractivity contribution < 1.29 is 45.3 Å². The SMILES string of the molecule is C[C@@H]1OC(C(=O)C(O)C(O)C(O)CO)[C@H](O)[C@H](O)[C@H]1O. The molecule has 0 amide bonds. The number of ether oxygens (including phenoxy) is 1.